The lowest BCUT2D eigenvalue weighted by atomic mass is 9.95. The number of benzene rings is 1. The zero-order valence-corrected chi connectivity index (χ0v) is 13.7. The molecule has 0 unspecified atom stereocenters. The predicted octanol–water partition coefficient (Wildman–Crippen LogP) is 2.44. The molecule has 2 N–H and O–H groups in total. The van der Waals surface area contributed by atoms with Crippen LogP contribution in [0.1, 0.15) is 28.9 Å². The average molecular weight is 329 g/mol. The molecule has 2 saturated heterocycles. The number of thiazole rings is 1. The summed E-state index contributed by atoms with van der Waals surface area (Å²) >= 11 is 1.42. The Hall–Kier alpha value is -1.92. The molecule has 6 heteroatoms. The van der Waals surface area contributed by atoms with E-state index < -0.39 is 0 Å². The minimum absolute atomic E-state index is 0.0176. The summed E-state index contributed by atoms with van der Waals surface area (Å²) in [5, 5.41) is 7.53. The molecule has 0 spiro atoms. The third kappa shape index (κ3) is 2.84. The van der Waals surface area contributed by atoms with Gasteiger partial charge in [0.05, 0.1) is 13.3 Å². The second kappa shape index (κ2) is 5.94. The van der Waals surface area contributed by atoms with Crippen molar-refractivity contribution >= 4 is 17.2 Å². The van der Waals surface area contributed by atoms with Gasteiger partial charge in [-0.05, 0) is 31.4 Å². The lowest BCUT2D eigenvalue weighted by molar-refractivity contribution is 0.0935. The van der Waals surface area contributed by atoms with E-state index in [9.17, 15) is 4.79 Å². The first-order valence-corrected chi connectivity index (χ1v) is 8.72. The van der Waals surface area contributed by atoms with Crippen LogP contribution in [0.25, 0.3) is 10.6 Å². The molecule has 4 rings (SSSR count). The Kier molecular flexibility index (Phi) is 3.79. The molecule has 1 aromatic carbocycles. The highest BCUT2D eigenvalue weighted by atomic mass is 32.1. The van der Waals surface area contributed by atoms with Crippen LogP contribution >= 0.6 is 11.3 Å². The second-order valence-corrected chi connectivity index (χ2v) is 7.16. The number of amides is 1. The van der Waals surface area contributed by atoms with Gasteiger partial charge in [-0.3, -0.25) is 4.79 Å². The minimum Gasteiger partial charge on any atom is -0.497 e. The number of carbonyl (C=O) groups excluding carboxylic acids is 1. The fourth-order valence-electron chi connectivity index (χ4n) is 3.49. The van der Waals surface area contributed by atoms with Gasteiger partial charge in [-0.25, -0.2) is 4.98 Å². The van der Waals surface area contributed by atoms with Crippen LogP contribution in [-0.4, -0.2) is 36.1 Å². The summed E-state index contributed by atoms with van der Waals surface area (Å²) in [6.07, 6.45) is 5.10. The molecule has 1 amide bonds. The molecule has 2 aromatic rings. The van der Waals surface area contributed by atoms with Gasteiger partial charge in [-0.1, -0.05) is 12.1 Å². The standard InChI is InChI=1S/C17H19N3O2S/c1-22-12-4-2-3-10(7-12)17-18-9-15(23-17)16(21)20-14-8-11-5-6-13(14)19-11/h2-4,7,9,11,13-14,19H,5-6,8H2,1H3,(H,20,21)/t11-,13+,14-/m1/s1. The number of nitrogens with zero attached hydrogens (tertiary/aromatic N) is 1. The molecule has 5 nitrogen and oxygen atoms in total. The van der Waals surface area contributed by atoms with Crippen molar-refractivity contribution in [3.8, 4) is 16.3 Å². The van der Waals surface area contributed by atoms with Crippen LogP contribution in [0.3, 0.4) is 0 Å². The Morgan fingerprint density at radius 2 is 2.35 bits per heavy atom. The third-order valence-corrected chi connectivity index (χ3v) is 5.71. The van der Waals surface area contributed by atoms with E-state index in [0.29, 0.717) is 17.0 Å². The monoisotopic (exact) mass is 329 g/mol. The molecule has 0 saturated carbocycles. The van der Waals surface area contributed by atoms with Crippen molar-refractivity contribution in [3.63, 3.8) is 0 Å². The highest BCUT2D eigenvalue weighted by Gasteiger charge is 2.39. The quantitative estimate of drug-likeness (QED) is 0.904. The number of aromatic nitrogens is 1. The van der Waals surface area contributed by atoms with Gasteiger partial charge in [0, 0.05) is 23.7 Å². The summed E-state index contributed by atoms with van der Waals surface area (Å²) < 4.78 is 5.24. The summed E-state index contributed by atoms with van der Waals surface area (Å²) in [7, 11) is 1.64. The lowest BCUT2D eigenvalue weighted by Crippen LogP contribution is -2.42. The molecule has 2 bridgehead atoms. The van der Waals surface area contributed by atoms with Gasteiger partial charge in [0.1, 0.15) is 15.6 Å². The summed E-state index contributed by atoms with van der Waals surface area (Å²) in [6, 6.07) is 9.00. The normalized spacial score (nSPS) is 25.5. The van der Waals surface area contributed by atoms with Crippen molar-refractivity contribution in [1.82, 2.24) is 15.6 Å². The van der Waals surface area contributed by atoms with Crippen molar-refractivity contribution < 1.29 is 9.53 Å². The second-order valence-electron chi connectivity index (χ2n) is 6.12. The molecule has 3 heterocycles. The molecular weight excluding hydrogens is 310 g/mol. The Morgan fingerprint density at radius 3 is 3.09 bits per heavy atom. The number of methoxy groups -OCH3 is 1. The number of fused-ring (bicyclic) bond motifs is 2. The zero-order chi connectivity index (χ0) is 15.8. The Morgan fingerprint density at radius 1 is 1.43 bits per heavy atom. The van der Waals surface area contributed by atoms with Crippen LogP contribution < -0.4 is 15.4 Å². The average Bonchev–Trinajstić information content (AvgIpc) is 3.31. The van der Waals surface area contributed by atoms with Gasteiger partial charge in [0.2, 0.25) is 0 Å². The molecular formula is C17H19N3O2S. The van der Waals surface area contributed by atoms with Crippen LogP contribution in [0, 0.1) is 0 Å². The largest absolute Gasteiger partial charge is 0.497 e. The minimum atomic E-state index is -0.0176. The van der Waals surface area contributed by atoms with Crippen molar-refractivity contribution in [2.24, 2.45) is 0 Å². The maximum Gasteiger partial charge on any atom is 0.263 e. The summed E-state index contributed by atoms with van der Waals surface area (Å²) in [5.74, 6) is 0.771. The van der Waals surface area contributed by atoms with Crippen LogP contribution in [0.5, 0.6) is 5.75 Å². The molecule has 1 aromatic heterocycles. The topological polar surface area (TPSA) is 63.2 Å². The summed E-state index contributed by atoms with van der Waals surface area (Å²) in [4.78, 5) is 17.5. The van der Waals surface area contributed by atoms with Crippen LogP contribution in [0.4, 0.5) is 0 Å². The molecule has 120 valence electrons. The van der Waals surface area contributed by atoms with E-state index in [1.54, 1.807) is 13.3 Å². The fourth-order valence-corrected chi connectivity index (χ4v) is 4.31. The first-order chi connectivity index (χ1) is 11.2. The van der Waals surface area contributed by atoms with E-state index >= 15 is 0 Å². The predicted molar refractivity (Wildman–Crippen MR) is 89.9 cm³/mol. The molecule has 0 aliphatic carbocycles. The molecule has 23 heavy (non-hydrogen) atoms. The number of ether oxygens (including phenoxy) is 1. The van der Waals surface area contributed by atoms with Crippen molar-refractivity contribution in [2.45, 2.75) is 37.4 Å². The zero-order valence-electron chi connectivity index (χ0n) is 12.9. The summed E-state index contributed by atoms with van der Waals surface area (Å²) in [6.45, 7) is 0. The van der Waals surface area contributed by atoms with Gasteiger partial charge in [0.25, 0.3) is 5.91 Å². The molecule has 3 atom stereocenters. The van der Waals surface area contributed by atoms with Gasteiger partial charge in [-0.2, -0.15) is 0 Å². The van der Waals surface area contributed by atoms with E-state index in [4.69, 9.17) is 4.74 Å². The van der Waals surface area contributed by atoms with E-state index in [-0.39, 0.29) is 11.9 Å². The van der Waals surface area contributed by atoms with Gasteiger partial charge < -0.3 is 15.4 Å². The Bertz CT molecular complexity index is 730. The van der Waals surface area contributed by atoms with E-state index in [0.717, 1.165) is 29.2 Å². The molecule has 2 aliphatic heterocycles. The lowest BCUT2D eigenvalue weighted by Gasteiger charge is -2.20. The fraction of sp³-hybridized carbons (Fsp3) is 0.412. The number of carbonyl (C=O) groups is 1. The van der Waals surface area contributed by atoms with Crippen LogP contribution in [-0.2, 0) is 0 Å². The number of hydrogen-bond acceptors (Lipinski definition) is 5. The van der Waals surface area contributed by atoms with Gasteiger partial charge in [-0.15, -0.1) is 11.3 Å². The third-order valence-electron chi connectivity index (χ3n) is 4.66. The highest BCUT2D eigenvalue weighted by molar-refractivity contribution is 7.16. The smallest absolute Gasteiger partial charge is 0.263 e. The van der Waals surface area contributed by atoms with Crippen molar-refractivity contribution in [3.05, 3.63) is 35.3 Å². The maximum absolute atomic E-state index is 12.5. The maximum atomic E-state index is 12.5. The van der Waals surface area contributed by atoms with Crippen LogP contribution in [0.15, 0.2) is 30.5 Å². The van der Waals surface area contributed by atoms with Gasteiger partial charge in [0.15, 0.2) is 0 Å². The van der Waals surface area contributed by atoms with Gasteiger partial charge >= 0.3 is 0 Å². The number of nitrogens with one attached hydrogen (secondary N) is 2. The van der Waals surface area contributed by atoms with E-state index in [1.807, 2.05) is 24.3 Å². The van der Waals surface area contributed by atoms with E-state index in [2.05, 4.69) is 15.6 Å². The highest BCUT2D eigenvalue weighted by Crippen LogP contribution is 2.30. The first kappa shape index (κ1) is 14.7. The Balaban J connectivity index is 1.47. The van der Waals surface area contributed by atoms with Crippen molar-refractivity contribution in [2.75, 3.05) is 7.11 Å². The first-order valence-electron chi connectivity index (χ1n) is 7.90. The van der Waals surface area contributed by atoms with E-state index in [1.165, 1.54) is 17.8 Å². The van der Waals surface area contributed by atoms with Crippen LogP contribution in [0.2, 0.25) is 0 Å². The molecule has 2 aliphatic rings. The summed E-state index contributed by atoms with van der Waals surface area (Å²) in [5.41, 5.74) is 0.968. The number of rotatable bonds is 4. The number of hydrogen-bond donors (Lipinski definition) is 2. The molecule has 2 fully saturated rings. The molecule has 0 radical (unpaired) electrons. The SMILES string of the molecule is COc1cccc(-c2ncc(C(=O)N[C@@H]3C[C@H]4CC[C@@H]3N4)s2)c1. The Labute approximate surface area is 139 Å². The van der Waals surface area contributed by atoms with Crippen molar-refractivity contribution in [1.29, 1.82) is 0 Å².